The maximum absolute atomic E-state index is 5.82. The highest BCUT2D eigenvalue weighted by molar-refractivity contribution is 5.49. The van der Waals surface area contributed by atoms with Gasteiger partial charge >= 0.3 is 0 Å². The fourth-order valence-corrected chi connectivity index (χ4v) is 2.74. The Morgan fingerprint density at radius 1 is 1.32 bits per heavy atom. The molecule has 0 amide bonds. The average Bonchev–Trinajstić information content (AvgIpc) is 2.39. The summed E-state index contributed by atoms with van der Waals surface area (Å²) in [5.74, 6) is 0.969. The molecule has 1 aliphatic rings. The summed E-state index contributed by atoms with van der Waals surface area (Å²) in [5.41, 5.74) is 10.8. The lowest BCUT2D eigenvalue weighted by Crippen LogP contribution is -2.12. The predicted octanol–water partition coefficient (Wildman–Crippen LogP) is 3.46. The molecule has 3 N–H and O–H groups in total. The number of hydrogen-bond acceptors (Lipinski definition) is 3. The van der Waals surface area contributed by atoms with E-state index in [4.69, 9.17) is 5.73 Å². The van der Waals surface area contributed by atoms with Crippen molar-refractivity contribution in [1.29, 1.82) is 0 Å². The summed E-state index contributed by atoms with van der Waals surface area (Å²) in [5, 5.41) is 3.46. The zero-order valence-corrected chi connectivity index (χ0v) is 12.1. The smallest absolute Gasteiger partial charge is 0.131 e. The van der Waals surface area contributed by atoms with Crippen LogP contribution in [0, 0.1) is 13.8 Å². The molecule has 0 atom stereocenters. The van der Waals surface area contributed by atoms with Crippen LogP contribution in [-0.2, 0) is 6.54 Å². The van der Waals surface area contributed by atoms with Gasteiger partial charge in [0.2, 0.25) is 0 Å². The second kappa shape index (κ2) is 6.71. The van der Waals surface area contributed by atoms with Crippen LogP contribution in [-0.4, -0.2) is 11.5 Å². The van der Waals surface area contributed by atoms with Crippen LogP contribution in [0.15, 0.2) is 17.7 Å². The summed E-state index contributed by atoms with van der Waals surface area (Å²) in [6.45, 7) is 5.63. The first kappa shape index (κ1) is 14.1. The average molecular weight is 259 g/mol. The summed E-state index contributed by atoms with van der Waals surface area (Å²) in [4.78, 5) is 4.58. The standard InChI is InChI=1S/C16H25N3/c1-12-10-13(2)19-16(15(12)11-17)18-9-8-14-6-4-3-5-7-14/h6,10H,3-5,7-9,11,17H2,1-2H3,(H,18,19). The van der Waals surface area contributed by atoms with Crippen LogP contribution in [0.3, 0.4) is 0 Å². The molecule has 1 aliphatic carbocycles. The number of hydrogen-bond donors (Lipinski definition) is 2. The van der Waals surface area contributed by atoms with Gasteiger partial charge in [0.15, 0.2) is 0 Å². The molecule has 0 unspecified atom stereocenters. The van der Waals surface area contributed by atoms with E-state index in [1.165, 1.54) is 31.2 Å². The predicted molar refractivity (Wildman–Crippen MR) is 81.3 cm³/mol. The summed E-state index contributed by atoms with van der Waals surface area (Å²) in [7, 11) is 0. The molecule has 0 bridgehead atoms. The van der Waals surface area contributed by atoms with Crippen molar-refractivity contribution in [2.45, 2.75) is 52.5 Å². The largest absolute Gasteiger partial charge is 0.369 e. The van der Waals surface area contributed by atoms with Crippen LogP contribution in [0.25, 0.3) is 0 Å². The number of nitrogens with zero attached hydrogens (tertiary/aromatic N) is 1. The third-order valence-electron chi connectivity index (χ3n) is 3.80. The maximum Gasteiger partial charge on any atom is 0.131 e. The van der Waals surface area contributed by atoms with E-state index in [1.807, 2.05) is 6.92 Å². The van der Waals surface area contributed by atoms with Gasteiger partial charge in [-0.05, 0) is 57.6 Å². The number of allylic oxidation sites excluding steroid dienone is 1. The van der Waals surface area contributed by atoms with Gasteiger partial charge in [-0.1, -0.05) is 11.6 Å². The fourth-order valence-electron chi connectivity index (χ4n) is 2.74. The van der Waals surface area contributed by atoms with Gasteiger partial charge in [0.1, 0.15) is 5.82 Å². The van der Waals surface area contributed by atoms with Crippen molar-refractivity contribution in [2.24, 2.45) is 5.73 Å². The highest BCUT2D eigenvalue weighted by atomic mass is 15.0. The molecule has 1 heterocycles. The van der Waals surface area contributed by atoms with Crippen molar-refractivity contribution >= 4 is 5.82 Å². The number of anilines is 1. The Morgan fingerprint density at radius 3 is 2.84 bits per heavy atom. The van der Waals surface area contributed by atoms with E-state index in [-0.39, 0.29) is 0 Å². The molecule has 104 valence electrons. The maximum atomic E-state index is 5.82. The Hall–Kier alpha value is -1.35. The lowest BCUT2D eigenvalue weighted by molar-refractivity contribution is 0.679. The van der Waals surface area contributed by atoms with Crippen molar-refractivity contribution in [3.05, 3.63) is 34.5 Å². The molecular formula is C16H25N3. The molecule has 1 aromatic rings. The number of nitrogens with one attached hydrogen (secondary N) is 1. The summed E-state index contributed by atoms with van der Waals surface area (Å²) in [6.07, 6.45) is 8.76. The monoisotopic (exact) mass is 259 g/mol. The second-order valence-electron chi connectivity index (χ2n) is 5.40. The van der Waals surface area contributed by atoms with Gasteiger partial charge in [0, 0.05) is 24.3 Å². The Labute approximate surface area is 116 Å². The fraction of sp³-hybridized carbons (Fsp3) is 0.562. The van der Waals surface area contributed by atoms with Gasteiger partial charge in [0.05, 0.1) is 0 Å². The highest BCUT2D eigenvalue weighted by Gasteiger charge is 2.08. The first-order valence-electron chi connectivity index (χ1n) is 7.29. The van der Waals surface area contributed by atoms with Gasteiger partial charge < -0.3 is 11.1 Å². The topological polar surface area (TPSA) is 50.9 Å². The summed E-state index contributed by atoms with van der Waals surface area (Å²) < 4.78 is 0. The van der Waals surface area contributed by atoms with Crippen LogP contribution in [0.5, 0.6) is 0 Å². The minimum Gasteiger partial charge on any atom is -0.369 e. The first-order chi connectivity index (χ1) is 9.20. The molecule has 0 aromatic carbocycles. The molecule has 3 nitrogen and oxygen atoms in total. The molecule has 0 saturated carbocycles. The Morgan fingerprint density at radius 2 is 2.16 bits per heavy atom. The van der Waals surface area contributed by atoms with Crippen molar-refractivity contribution in [3.8, 4) is 0 Å². The van der Waals surface area contributed by atoms with Crippen molar-refractivity contribution < 1.29 is 0 Å². The van der Waals surface area contributed by atoms with Crippen molar-refractivity contribution in [1.82, 2.24) is 4.98 Å². The zero-order chi connectivity index (χ0) is 13.7. The molecule has 0 radical (unpaired) electrons. The molecule has 19 heavy (non-hydrogen) atoms. The molecule has 0 saturated heterocycles. The van der Waals surface area contributed by atoms with Crippen molar-refractivity contribution in [2.75, 3.05) is 11.9 Å². The molecule has 0 aliphatic heterocycles. The van der Waals surface area contributed by atoms with E-state index < -0.39 is 0 Å². The molecule has 3 heteroatoms. The lowest BCUT2D eigenvalue weighted by atomic mass is 9.97. The van der Waals surface area contributed by atoms with Gasteiger partial charge in [-0.25, -0.2) is 4.98 Å². The van der Waals surface area contributed by atoms with E-state index in [0.717, 1.165) is 30.0 Å². The quantitative estimate of drug-likeness (QED) is 0.796. The lowest BCUT2D eigenvalue weighted by Gasteiger charge is -2.16. The van der Waals surface area contributed by atoms with Crippen LogP contribution >= 0.6 is 0 Å². The second-order valence-corrected chi connectivity index (χ2v) is 5.40. The molecule has 0 spiro atoms. The van der Waals surface area contributed by atoms with Crippen LogP contribution in [0.1, 0.15) is 48.9 Å². The zero-order valence-electron chi connectivity index (χ0n) is 12.1. The van der Waals surface area contributed by atoms with E-state index >= 15 is 0 Å². The number of aromatic nitrogens is 1. The third kappa shape index (κ3) is 3.80. The normalized spacial score (nSPS) is 15.2. The Bertz CT molecular complexity index is 463. The summed E-state index contributed by atoms with van der Waals surface area (Å²) >= 11 is 0. The summed E-state index contributed by atoms with van der Waals surface area (Å²) in [6, 6.07) is 2.09. The van der Waals surface area contributed by atoms with Gasteiger partial charge in [-0.2, -0.15) is 0 Å². The molecule has 2 rings (SSSR count). The SMILES string of the molecule is Cc1cc(C)c(CN)c(NCCC2=CCCCC2)n1. The van der Waals surface area contributed by atoms with Crippen molar-refractivity contribution in [3.63, 3.8) is 0 Å². The number of rotatable bonds is 5. The number of nitrogens with two attached hydrogens (primary N) is 1. The van der Waals surface area contributed by atoms with Gasteiger partial charge in [-0.3, -0.25) is 0 Å². The van der Waals surface area contributed by atoms with Crippen LogP contribution < -0.4 is 11.1 Å². The van der Waals surface area contributed by atoms with Gasteiger partial charge in [-0.15, -0.1) is 0 Å². The van der Waals surface area contributed by atoms with E-state index in [9.17, 15) is 0 Å². The number of aryl methyl sites for hydroxylation is 2. The highest BCUT2D eigenvalue weighted by Crippen LogP contribution is 2.21. The first-order valence-corrected chi connectivity index (χ1v) is 7.29. The number of pyridine rings is 1. The Balaban J connectivity index is 1.97. The molecule has 1 aromatic heterocycles. The van der Waals surface area contributed by atoms with E-state index in [0.29, 0.717) is 6.54 Å². The third-order valence-corrected chi connectivity index (χ3v) is 3.80. The Kier molecular flexibility index (Phi) is 4.97. The van der Waals surface area contributed by atoms with Gasteiger partial charge in [0.25, 0.3) is 0 Å². The minimum absolute atomic E-state index is 0.546. The van der Waals surface area contributed by atoms with E-state index in [1.54, 1.807) is 5.57 Å². The van der Waals surface area contributed by atoms with E-state index in [2.05, 4.69) is 29.4 Å². The molecular weight excluding hydrogens is 234 g/mol. The minimum atomic E-state index is 0.546. The van der Waals surface area contributed by atoms with Crippen LogP contribution in [0.2, 0.25) is 0 Å². The van der Waals surface area contributed by atoms with Crippen LogP contribution in [0.4, 0.5) is 5.82 Å². The molecule has 0 fully saturated rings.